The number of phenols is 1. The van der Waals surface area contributed by atoms with Gasteiger partial charge in [0.05, 0.1) is 15.1 Å². The Morgan fingerprint density at radius 1 is 1.13 bits per heavy atom. The van der Waals surface area contributed by atoms with E-state index in [-0.39, 0.29) is 21.5 Å². The third-order valence-corrected chi connectivity index (χ3v) is 5.09. The first-order chi connectivity index (χ1) is 14.3. The van der Waals surface area contributed by atoms with Crippen molar-refractivity contribution in [1.82, 2.24) is 4.98 Å². The van der Waals surface area contributed by atoms with Gasteiger partial charge in [-0.3, -0.25) is 15.1 Å². The Balaban J connectivity index is 1.69. The molecular formula is C22H16BrN3O4. The molecule has 0 aliphatic heterocycles. The molecule has 1 aromatic heterocycles. The van der Waals surface area contributed by atoms with Crippen LogP contribution in [0.2, 0.25) is 0 Å². The highest BCUT2D eigenvalue weighted by Gasteiger charge is 2.14. The molecule has 0 unspecified atom stereocenters. The Labute approximate surface area is 180 Å². The molecule has 150 valence electrons. The van der Waals surface area contributed by atoms with Crippen LogP contribution in [-0.4, -0.2) is 21.2 Å². The average Bonchev–Trinajstić information content (AvgIpc) is 3.11. The first kappa shape index (κ1) is 19.8. The van der Waals surface area contributed by atoms with Crippen LogP contribution in [0.25, 0.3) is 22.6 Å². The number of non-ortho nitro benzene ring substituents is 1. The number of halogens is 1. The van der Waals surface area contributed by atoms with Gasteiger partial charge in [0, 0.05) is 29.5 Å². The fraction of sp³-hybridized carbons (Fsp3) is 0.0909. The van der Waals surface area contributed by atoms with Crippen molar-refractivity contribution in [2.24, 2.45) is 4.99 Å². The third-order valence-electron chi connectivity index (χ3n) is 4.48. The number of aromatic hydroxyl groups is 1. The summed E-state index contributed by atoms with van der Waals surface area (Å²) in [5.74, 6) is 0.405. The van der Waals surface area contributed by atoms with Gasteiger partial charge in [0.25, 0.3) is 5.69 Å². The van der Waals surface area contributed by atoms with Crippen LogP contribution in [0.5, 0.6) is 5.75 Å². The lowest BCUT2D eigenvalue weighted by molar-refractivity contribution is -0.385. The molecular weight excluding hydrogens is 450 g/mol. The van der Waals surface area contributed by atoms with Crippen LogP contribution in [0.3, 0.4) is 0 Å². The smallest absolute Gasteiger partial charge is 0.271 e. The minimum atomic E-state index is -0.530. The van der Waals surface area contributed by atoms with Crippen LogP contribution in [0.15, 0.2) is 62.4 Å². The predicted octanol–water partition coefficient (Wildman–Crippen LogP) is 6.24. The van der Waals surface area contributed by atoms with Crippen LogP contribution in [0.4, 0.5) is 11.4 Å². The lowest BCUT2D eigenvalue weighted by Gasteiger charge is -2.02. The van der Waals surface area contributed by atoms with Crippen LogP contribution in [0, 0.1) is 24.0 Å². The first-order valence-corrected chi connectivity index (χ1v) is 9.80. The summed E-state index contributed by atoms with van der Waals surface area (Å²) in [6, 6.07) is 13.9. The number of hydrogen-bond donors (Lipinski definition) is 1. The number of nitro benzene ring substituents is 1. The number of aliphatic imine (C=N–C) groups is 1. The number of nitro groups is 1. The van der Waals surface area contributed by atoms with E-state index in [1.54, 1.807) is 18.2 Å². The molecule has 0 bridgehead atoms. The van der Waals surface area contributed by atoms with Gasteiger partial charge in [-0.2, -0.15) is 0 Å². The number of oxazole rings is 1. The van der Waals surface area contributed by atoms with Crippen LogP contribution in [-0.2, 0) is 0 Å². The van der Waals surface area contributed by atoms with E-state index in [2.05, 4.69) is 32.0 Å². The van der Waals surface area contributed by atoms with E-state index in [1.807, 2.05) is 26.0 Å². The maximum Gasteiger partial charge on any atom is 0.271 e. The molecule has 0 amide bonds. The van der Waals surface area contributed by atoms with E-state index in [1.165, 1.54) is 18.3 Å². The van der Waals surface area contributed by atoms with Gasteiger partial charge in [0.1, 0.15) is 11.3 Å². The Morgan fingerprint density at radius 2 is 1.87 bits per heavy atom. The van der Waals surface area contributed by atoms with Crippen molar-refractivity contribution < 1.29 is 14.4 Å². The molecule has 0 aliphatic carbocycles. The normalized spacial score (nSPS) is 11.4. The molecule has 4 rings (SSSR count). The second-order valence-electron chi connectivity index (χ2n) is 6.93. The number of phenolic OH excluding ortho intramolecular Hbond substituents is 1. The molecule has 1 N–H and O–H groups in total. The zero-order chi connectivity index (χ0) is 21.4. The van der Waals surface area contributed by atoms with Gasteiger partial charge in [-0.25, -0.2) is 4.98 Å². The second kappa shape index (κ2) is 7.72. The third kappa shape index (κ3) is 3.95. The number of nitrogens with zero attached hydrogens (tertiary/aromatic N) is 3. The standard InChI is InChI=1S/C22H16BrN3O4/c1-12-5-13(2)7-14(6-12)22-25-19-9-16(3-4-20(19)30-22)24-11-15-8-17(26(28)29)10-18(23)21(15)27/h3-11,27H,1-2H3. The van der Waals surface area contributed by atoms with Gasteiger partial charge in [0.15, 0.2) is 5.58 Å². The van der Waals surface area contributed by atoms with Crippen molar-refractivity contribution >= 4 is 44.6 Å². The van der Waals surface area contributed by atoms with E-state index in [0.717, 1.165) is 16.7 Å². The van der Waals surface area contributed by atoms with Crippen LogP contribution >= 0.6 is 15.9 Å². The maximum atomic E-state index is 11.0. The number of aryl methyl sites for hydroxylation is 2. The van der Waals surface area contributed by atoms with Gasteiger partial charge in [0.2, 0.25) is 5.89 Å². The molecule has 0 fully saturated rings. The van der Waals surface area contributed by atoms with E-state index in [0.29, 0.717) is 22.7 Å². The van der Waals surface area contributed by atoms with Gasteiger partial charge in [-0.1, -0.05) is 17.2 Å². The SMILES string of the molecule is Cc1cc(C)cc(-c2nc3cc(N=Cc4cc([N+](=O)[O-])cc(Br)c4O)ccc3o2)c1. The first-order valence-electron chi connectivity index (χ1n) is 9.00. The van der Waals surface area contributed by atoms with Crippen LogP contribution in [0.1, 0.15) is 16.7 Å². The lowest BCUT2D eigenvalue weighted by atomic mass is 10.1. The molecule has 1 heterocycles. The summed E-state index contributed by atoms with van der Waals surface area (Å²) in [6.45, 7) is 4.04. The molecule has 4 aromatic rings. The summed E-state index contributed by atoms with van der Waals surface area (Å²) in [5.41, 5.74) is 5.08. The Kier molecular flexibility index (Phi) is 5.09. The van der Waals surface area contributed by atoms with Crippen molar-refractivity contribution in [3.8, 4) is 17.2 Å². The van der Waals surface area contributed by atoms with E-state index in [4.69, 9.17) is 4.42 Å². The zero-order valence-corrected chi connectivity index (χ0v) is 17.7. The Morgan fingerprint density at radius 3 is 2.57 bits per heavy atom. The van der Waals surface area contributed by atoms with Gasteiger partial charge in [-0.05, 0) is 60.1 Å². The lowest BCUT2D eigenvalue weighted by Crippen LogP contribution is -1.91. The van der Waals surface area contributed by atoms with Crippen LogP contribution < -0.4 is 0 Å². The molecule has 0 aliphatic rings. The summed E-state index contributed by atoms with van der Waals surface area (Å²) >= 11 is 3.12. The second-order valence-corrected chi connectivity index (χ2v) is 7.78. The molecule has 8 heteroatoms. The Hall–Kier alpha value is -3.52. The number of aromatic nitrogens is 1. The topological polar surface area (TPSA) is 102 Å². The molecule has 7 nitrogen and oxygen atoms in total. The van der Waals surface area contributed by atoms with Crippen molar-refractivity contribution in [3.05, 3.63) is 79.8 Å². The highest BCUT2D eigenvalue weighted by molar-refractivity contribution is 9.10. The molecule has 0 atom stereocenters. The quantitative estimate of drug-likeness (QED) is 0.218. The van der Waals surface area contributed by atoms with Crippen molar-refractivity contribution in [2.45, 2.75) is 13.8 Å². The summed E-state index contributed by atoms with van der Waals surface area (Å²) < 4.78 is 6.10. The van der Waals surface area contributed by atoms with E-state index < -0.39 is 4.92 Å². The monoisotopic (exact) mass is 465 g/mol. The molecule has 0 saturated carbocycles. The summed E-state index contributed by atoms with van der Waals surface area (Å²) in [7, 11) is 0. The fourth-order valence-electron chi connectivity index (χ4n) is 3.17. The van der Waals surface area contributed by atoms with E-state index >= 15 is 0 Å². The van der Waals surface area contributed by atoms with Gasteiger partial charge in [-0.15, -0.1) is 0 Å². The molecule has 0 radical (unpaired) electrons. The minimum absolute atomic E-state index is 0.121. The average molecular weight is 466 g/mol. The Bertz CT molecular complexity index is 1310. The summed E-state index contributed by atoms with van der Waals surface area (Å²) in [5, 5.41) is 21.2. The zero-order valence-electron chi connectivity index (χ0n) is 16.1. The van der Waals surface area contributed by atoms with Crippen molar-refractivity contribution in [3.63, 3.8) is 0 Å². The van der Waals surface area contributed by atoms with Gasteiger partial charge >= 0.3 is 0 Å². The fourth-order valence-corrected chi connectivity index (χ4v) is 3.63. The molecule has 0 spiro atoms. The minimum Gasteiger partial charge on any atom is -0.506 e. The summed E-state index contributed by atoms with van der Waals surface area (Å²) in [4.78, 5) is 19.4. The number of hydrogen-bond acceptors (Lipinski definition) is 6. The molecule has 3 aromatic carbocycles. The number of rotatable bonds is 4. The number of fused-ring (bicyclic) bond motifs is 1. The molecule has 0 saturated heterocycles. The maximum absolute atomic E-state index is 11.0. The highest BCUT2D eigenvalue weighted by atomic mass is 79.9. The van der Waals surface area contributed by atoms with Crippen molar-refractivity contribution in [1.29, 1.82) is 0 Å². The highest BCUT2D eigenvalue weighted by Crippen LogP contribution is 2.32. The van der Waals surface area contributed by atoms with E-state index in [9.17, 15) is 15.2 Å². The largest absolute Gasteiger partial charge is 0.506 e. The number of benzene rings is 3. The van der Waals surface area contributed by atoms with Crippen molar-refractivity contribution in [2.75, 3.05) is 0 Å². The summed E-state index contributed by atoms with van der Waals surface area (Å²) in [6.07, 6.45) is 1.37. The predicted molar refractivity (Wildman–Crippen MR) is 119 cm³/mol. The molecule has 30 heavy (non-hydrogen) atoms. The van der Waals surface area contributed by atoms with Gasteiger partial charge < -0.3 is 9.52 Å².